The highest BCUT2D eigenvalue weighted by molar-refractivity contribution is 5.68. The number of amides is 1. The van der Waals surface area contributed by atoms with Gasteiger partial charge in [-0.1, -0.05) is 54.6 Å². The quantitative estimate of drug-likeness (QED) is 0.391. The van der Waals surface area contributed by atoms with Gasteiger partial charge in [-0.25, -0.2) is 13.6 Å². The molecule has 2 atom stereocenters. The van der Waals surface area contributed by atoms with Crippen molar-refractivity contribution in [2.24, 2.45) is 0 Å². The van der Waals surface area contributed by atoms with E-state index < -0.39 is 35.5 Å². The first-order valence-corrected chi connectivity index (χ1v) is 11.6. The van der Waals surface area contributed by atoms with E-state index in [0.29, 0.717) is 12.1 Å². The Morgan fingerprint density at radius 2 is 1.60 bits per heavy atom. The van der Waals surface area contributed by atoms with Gasteiger partial charge in [0.05, 0.1) is 12.1 Å². The molecule has 0 bridgehead atoms. The first kappa shape index (κ1) is 26.3. The largest absolute Gasteiger partial charge is 0.444 e. The van der Waals surface area contributed by atoms with Crippen LogP contribution < -0.4 is 10.6 Å². The first-order chi connectivity index (χ1) is 16.6. The van der Waals surface area contributed by atoms with Crippen molar-refractivity contribution in [3.8, 4) is 11.1 Å². The number of aliphatic hydroxyl groups is 1. The molecular weight excluding hydrogens is 450 g/mol. The summed E-state index contributed by atoms with van der Waals surface area (Å²) in [5.41, 5.74) is 2.80. The Morgan fingerprint density at radius 3 is 2.26 bits per heavy atom. The third-order valence-electron chi connectivity index (χ3n) is 5.32. The van der Waals surface area contributed by atoms with Crippen LogP contribution in [0.15, 0.2) is 72.8 Å². The number of carbonyl (C=O) groups excluding carboxylic acids is 1. The fraction of sp³-hybridized carbons (Fsp3) is 0.321. The van der Waals surface area contributed by atoms with E-state index in [0.717, 1.165) is 22.8 Å². The van der Waals surface area contributed by atoms with Gasteiger partial charge in [0, 0.05) is 19.2 Å². The van der Waals surface area contributed by atoms with Crippen LogP contribution in [0.5, 0.6) is 0 Å². The summed E-state index contributed by atoms with van der Waals surface area (Å²) in [5, 5.41) is 16.8. The topological polar surface area (TPSA) is 70.6 Å². The molecule has 35 heavy (non-hydrogen) atoms. The zero-order valence-electron chi connectivity index (χ0n) is 20.2. The Labute approximate surface area is 205 Å². The van der Waals surface area contributed by atoms with Crippen LogP contribution in [0, 0.1) is 11.6 Å². The van der Waals surface area contributed by atoms with Gasteiger partial charge >= 0.3 is 6.09 Å². The second-order valence-corrected chi connectivity index (χ2v) is 9.46. The number of hydrogen-bond donors (Lipinski definition) is 3. The molecule has 3 rings (SSSR count). The average Bonchev–Trinajstić information content (AvgIpc) is 2.77. The summed E-state index contributed by atoms with van der Waals surface area (Å²) in [6.45, 7) is 5.81. The fourth-order valence-electron chi connectivity index (χ4n) is 3.80. The van der Waals surface area contributed by atoms with Crippen molar-refractivity contribution in [3.05, 3.63) is 95.6 Å². The van der Waals surface area contributed by atoms with Gasteiger partial charge in [0.15, 0.2) is 0 Å². The van der Waals surface area contributed by atoms with Crippen molar-refractivity contribution in [2.75, 3.05) is 6.54 Å². The van der Waals surface area contributed by atoms with Crippen LogP contribution in [0.25, 0.3) is 11.1 Å². The minimum atomic E-state index is -1.04. The van der Waals surface area contributed by atoms with Crippen molar-refractivity contribution >= 4 is 6.09 Å². The molecule has 0 fully saturated rings. The molecular formula is C28H32F2N2O3. The molecule has 5 nitrogen and oxygen atoms in total. The SMILES string of the molecule is CC(C)(C)OC(=O)N[C@@H](Cc1cc(F)cc(F)c1)[C@H](O)CNCc1ccccc1-c1ccccc1. The molecule has 0 radical (unpaired) electrons. The maximum Gasteiger partial charge on any atom is 0.407 e. The van der Waals surface area contributed by atoms with Gasteiger partial charge in [0.2, 0.25) is 0 Å². The minimum absolute atomic E-state index is 0.0252. The summed E-state index contributed by atoms with van der Waals surface area (Å²) in [6.07, 6.45) is -1.73. The lowest BCUT2D eigenvalue weighted by Crippen LogP contribution is -2.49. The molecule has 3 aromatic carbocycles. The van der Waals surface area contributed by atoms with Gasteiger partial charge in [-0.05, 0) is 61.6 Å². The molecule has 7 heteroatoms. The van der Waals surface area contributed by atoms with Crippen LogP contribution in [0.1, 0.15) is 31.9 Å². The number of benzene rings is 3. The lowest BCUT2D eigenvalue weighted by atomic mass is 9.99. The van der Waals surface area contributed by atoms with Gasteiger partial charge in [0.1, 0.15) is 17.2 Å². The van der Waals surface area contributed by atoms with Crippen molar-refractivity contribution in [2.45, 2.75) is 51.5 Å². The fourth-order valence-corrected chi connectivity index (χ4v) is 3.80. The Kier molecular flexibility index (Phi) is 8.95. The van der Waals surface area contributed by atoms with E-state index in [1.165, 1.54) is 12.1 Å². The smallest absolute Gasteiger partial charge is 0.407 e. The molecule has 1 amide bonds. The second-order valence-electron chi connectivity index (χ2n) is 9.46. The predicted octanol–water partition coefficient (Wildman–Crippen LogP) is 5.22. The Morgan fingerprint density at radius 1 is 0.971 bits per heavy atom. The van der Waals surface area contributed by atoms with Gasteiger partial charge < -0.3 is 20.5 Å². The lowest BCUT2D eigenvalue weighted by Gasteiger charge is -2.27. The summed E-state index contributed by atoms with van der Waals surface area (Å²) in [6, 6.07) is 20.3. The molecule has 0 spiro atoms. The van der Waals surface area contributed by atoms with E-state index in [2.05, 4.69) is 10.6 Å². The standard InChI is InChI=1S/C28H32F2N2O3/c1-28(2,3)35-27(34)32-25(15-19-13-22(29)16-23(30)14-19)26(33)18-31-17-21-11-7-8-12-24(21)20-9-5-4-6-10-20/h4-14,16,25-26,31,33H,15,17-18H2,1-3H3,(H,32,34)/t25-,26+/m0/s1. The zero-order chi connectivity index (χ0) is 25.4. The Bertz CT molecular complexity index is 1100. The molecule has 0 aliphatic carbocycles. The predicted molar refractivity (Wildman–Crippen MR) is 133 cm³/mol. The number of aliphatic hydroxyl groups excluding tert-OH is 1. The van der Waals surface area contributed by atoms with Crippen molar-refractivity contribution in [1.29, 1.82) is 0 Å². The van der Waals surface area contributed by atoms with Crippen LogP contribution in [0.3, 0.4) is 0 Å². The number of nitrogens with one attached hydrogen (secondary N) is 2. The van der Waals surface area contributed by atoms with E-state index in [4.69, 9.17) is 4.74 Å². The van der Waals surface area contributed by atoms with E-state index in [-0.39, 0.29) is 13.0 Å². The summed E-state index contributed by atoms with van der Waals surface area (Å²) in [4.78, 5) is 12.4. The second kappa shape index (κ2) is 11.9. The molecule has 0 unspecified atom stereocenters. The monoisotopic (exact) mass is 482 g/mol. The molecule has 0 aromatic heterocycles. The molecule has 0 saturated carbocycles. The number of alkyl carbamates (subject to hydrolysis) is 1. The summed E-state index contributed by atoms with van der Waals surface area (Å²) >= 11 is 0. The molecule has 0 saturated heterocycles. The molecule has 3 N–H and O–H groups in total. The van der Waals surface area contributed by atoms with Crippen LogP contribution in [-0.2, 0) is 17.7 Å². The zero-order valence-corrected chi connectivity index (χ0v) is 20.2. The van der Waals surface area contributed by atoms with E-state index >= 15 is 0 Å². The van der Waals surface area contributed by atoms with E-state index in [1.807, 2.05) is 54.6 Å². The van der Waals surface area contributed by atoms with Crippen LogP contribution in [0.2, 0.25) is 0 Å². The Hall–Kier alpha value is -3.29. The van der Waals surface area contributed by atoms with Gasteiger partial charge in [0.25, 0.3) is 0 Å². The number of rotatable bonds is 9. The maximum absolute atomic E-state index is 13.7. The van der Waals surface area contributed by atoms with Gasteiger partial charge in [-0.2, -0.15) is 0 Å². The molecule has 0 heterocycles. The third kappa shape index (κ3) is 8.46. The van der Waals surface area contributed by atoms with E-state index in [9.17, 15) is 18.7 Å². The molecule has 0 aliphatic heterocycles. The number of halogens is 2. The summed E-state index contributed by atoms with van der Waals surface area (Å²) in [5.74, 6) is -1.44. The third-order valence-corrected chi connectivity index (χ3v) is 5.32. The average molecular weight is 483 g/mol. The van der Waals surface area contributed by atoms with Crippen molar-refractivity contribution in [1.82, 2.24) is 10.6 Å². The molecule has 0 aliphatic rings. The Balaban J connectivity index is 1.69. The van der Waals surface area contributed by atoms with Crippen LogP contribution in [-0.4, -0.2) is 35.5 Å². The molecule has 186 valence electrons. The van der Waals surface area contributed by atoms with Crippen molar-refractivity contribution in [3.63, 3.8) is 0 Å². The van der Waals surface area contributed by atoms with Crippen LogP contribution >= 0.6 is 0 Å². The normalized spacial score (nSPS) is 13.2. The highest BCUT2D eigenvalue weighted by atomic mass is 19.1. The van der Waals surface area contributed by atoms with Gasteiger partial charge in [-0.3, -0.25) is 0 Å². The van der Waals surface area contributed by atoms with Crippen LogP contribution in [0.4, 0.5) is 13.6 Å². The highest BCUT2D eigenvalue weighted by Gasteiger charge is 2.25. The van der Waals surface area contributed by atoms with Gasteiger partial charge in [-0.15, -0.1) is 0 Å². The maximum atomic E-state index is 13.7. The number of carbonyl (C=O) groups is 1. The first-order valence-electron chi connectivity index (χ1n) is 11.6. The van der Waals surface area contributed by atoms with Crippen molar-refractivity contribution < 1.29 is 23.4 Å². The lowest BCUT2D eigenvalue weighted by molar-refractivity contribution is 0.0422. The summed E-state index contributed by atoms with van der Waals surface area (Å²) in [7, 11) is 0. The summed E-state index contributed by atoms with van der Waals surface area (Å²) < 4.78 is 32.7. The molecule has 3 aromatic rings. The number of hydrogen-bond acceptors (Lipinski definition) is 4. The minimum Gasteiger partial charge on any atom is -0.444 e. The highest BCUT2D eigenvalue weighted by Crippen LogP contribution is 2.23. The van der Waals surface area contributed by atoms with E-state index in [1.54, 1.807) is 20.8 Å². The number of ether oxygens (including phenoxy) is 1.